The van der Waals surface area contributed by atoms with Crippen molar-refractivity contribution in [1.82, 2.24) is 0 Å². The lowest BCUT2D eigenvalue weighted by Gasteiger charge is -2.03. The van der Waals surface area contributed by atoms with Gasteiger partial charge >= 0.3 is 5.97 Å². The van der Waals surface area contributed by atoms with Gasteiger partial charge in [0.25, 0.3) is 21.7 Å². The summed E-state index contributed by atoms with van der Waals surface area (Å²) in [4.78, 5) is 10.4. The number of hydrogen-bond acceptors (Lipinski definition) is 9. The molecule has 0 heterocycles. The summed E-state index contributed by atoms with van der Waals surface area (Å²) in [6.07, 6.45) is 3.15. The number of aliphatic carboxylic acids is 1. The molecule has 13 heteroatoms. The zero-order valence-corrected chi connectivity index (χ0v) is 25.7. The Hall–Kier alpha value is -3.17. The lowest BCUT2D eigenvalue weighted by atomic mass is 10.1. The highest BCUT2D eigenvalue weighted by atomic mass is 32.2. The van der Waals surface area contributed by atoms with Crippen LogP contribution in [0.4, 0.5) is 0 Å². The van der Waals surface area contributed by atoms with Crippen molar-refractivity contribution >= 4 is 26.2 Å². The molecule has 0 fully saturated rings. The summed E-state index contributed by atoms with van der Waals surface area (Å²) >= 11 is 0. The van der Waals surface area contributed by atoms with E-state index in [4.69, 9.17) is 27.7 Å². The van der Waals surface area contributed by atoms with Crippen molar-refractivity contribution in [3.8, 4) is 0 Å². The number of aryl methyl sites for hydroxylation is 2. The molecule has 0 aliphatic heterocycles. The van der Waals surface area contributed by atoms with E-state index >= 15 is 0 Å². The maximum Gasteiger partial charge on any atom is 0.320 e. The van der Waals surface area contributed by atoms with Crippen LogP contribution < -0.4 is 17.2 Å². The molecule has 9 N–H and O–H groups in total. The van der Waals surface area contributed by atoms with E-state index in [9.17, 15) is 21.6 Å². The molecule has 3 aromatic rings. The van der Waals surface area contributed by atoms with Crippen LogP contribution in [0, 0.1) is 13.8 Å². The van der Waals surface area contributed by atoms with Crippen LogP contribution in [0.15, 0.2) is 88.7 Å². The maximum absolute atomic E-state index is 10.5. The van der Waals surface area contributed by atoms with Crippen LogP contribution in [0.25, 0.3) is 1.43 Å². The summed E-state index contributed by atoms with van der Waals surface area (Å²) in [6, 6.07) is 21.9. The Kier molecular flexibility index (Phi) is 17.4. The van der Waals surface area contributed by atoms with Crippen LogP contribution in [0.3, 0.4) is 0 Å². The molecule has 42 heavy (non-hydrogen) atoms. The first kappa shape index (κ1) is 36.9. The number of hydrogen-bond donors (Lipinski definition) is 6. The zero-order chi connectivity index (χ0) is 33.1. The van der Waals surface area contributed by atoms with E-state index in [2.05, 4.69) is 17.2 Å². The van der Waals surface area contributed by atoms with E-state index in [1.807, 2.05) is 39.0 Å². The Morgan fingerprint density at radius 3 is 1.55 bits per heavy atom. The van der Waals surface area contributed by atoms with E-state index < -0.39 is 32.2 Å². The smallest absolute Gasteiger partial charge is 0.320 e. The van der Waals surface area contributed by atoms with Crippen LogP contribution in [0.1, 0.15) is 42.9 Å². The van der Waals surface area contributed by atoms with E-state index in [0.29, 0.717) is 13.0 Å². The second-order valence-corrected chi connectivity index (χ2v) is 12.3. The number of nitrogens with two attached hydrogens (primary N) is 3. The highest BCUT2D eigenvalue weighted by Gasteiger charge is 2.09. The minimum Gasteiger partial charge on any atom is -0.480 e. The van der Waals surface area contributed by atoms with Gasteiger partial charge in [0.1, 0.15) is 6.04 Å². The molecule has 1 unspecified atom stereocenters. The van der Waals surface area contributed by atoms with Crippen molar-refractivity contribution < 1.29 is 35.8 Å². The molecule has 0 saturated carbocycles. The molecule has 0 spiro atoms. The SMILES string of the molecule is CC(N)Cc1ccccc1.Cc1ccc(S(=O)(=O)O)cc1.Cc1ccc(S(=O)(=O)O)cc1.[2H]OC(=O)[C@@H](N)CCCCN. The normalized spacial score (nSPS) is 12.4. The number of carboxylic acid groups (broad SMARTS) is 1. The summed E-state index contributed by atoms with van der Waals surface area (Å²) in [5, 5.41) is 3.70. The van der Waals surface area contributed by atoms with Gasteiger partial charge in [-0.15, -0.1) is 0 Å². The molecule has 3 rings (SSSR count). The van der Waals surface area contributed by atoms with Gasteiger partial charge in [-0.3, -0.25) is 13.9 Å². The third-order valence-electron chi connectivity index (χ3n) is 5.31. The monoisotopic (exact) mass is 626 g/mol. The van der Waals surface area contributed by atoms with Crippen molar-refractivity contribution in [2.24, 2.45) is 17.2 Å². The molecular weight excluding hydrogens is 582 g/mol. The fourth-order valence-corrected chi connectivity index (χ4v) is 3.99. The Bertz CT molecular complexity index is 1330. The zero-order valence-electron chi connectivity index (χ0n) is 25.1. The predicted molar refractivity (Wildman–Crippen MR) is 164 cm³/mol. The largest absolute Gasteiger partial charge is 0.480 e. The lowest BCUT2D eigenvalue weighted by molar-refractivity contribution is -0.138. The average molecular weight is 627 g/mol. The number of carbonyl (C=O) groups is 1. The van der Waals surface area contributed by atoms with Gasteiger partial charge in [0.05, 0.1) is 9.79 Å². The molecule has 2 atom stereocenters. The average Bonchev–Trinajstić information content (AvgIpc) is 2.93. The minimum atomic E-state index is -4.02. The van der Waals surface area contributed by atoms with Crippen LogP contribution in [-0.4, -0.2) is 55.6 Å². The second-order valence-electron chi connectivity index (χ2n) is 9.45. The minimum absolute atomic E-state index is 0.0666. The Morgan fingerprint density at radius 2 is 1.21 bits per heavy atom. The van der Waals surface area contributed by atoms with E-state index in [1.165, 1.54) is 29.8 Å². The summed E-state index contributed by atoms with van der Waals surface area (Å²) < 4.78 is 65.4. The van der Waals surface area contributed by atoms with Gasteiger partial charge in [-0.25, -0.2) is 0 Å². The number of benzene rings is 3. The molecule has 0 aliphatic rings. The van der Waals surface area contributed by atoms with Crippen LogP contribution in [-0.2, 0) is 31.5 Å². The number of rotatable bonds is 9. The van der Waals surface area contributed by atoms with Gasteiger partial charge in [0, 0.05) is 6.04 Å². The molecule has 0 radical (unpaired) electrons. The summed E-state index contributed by atoms with van der Waals surface area (Å²) in [5.74, 6) is -0.679. The van der Waals surface area contributed by atoms with Crippen molar-refractivity contribution in [1.29, 1.82) is 1.43 Å². The van der Waals surface area contributed by atoms with Gasteiger partial charge in [-0.1, -0.05) is 72.1 Å². The third kappa shape index (κ3) is 19.0. The van der Waals surface area contributed by atoms with Crippen LogP contribution in [0.2, 0.25) is 0 Å². The van der Waals surface area contributed by atoms with E-state index in [1.54, 1.807) is 24.3 Å². The summed E-state index contributed by atoms with van der Waals surface area (Å²) in [7, 11) is -8.04. The summed E-state index contributed by atoms with van der Waals surface area (Å²) in [6.45, 7) is 6.30. The Labute approximate surface area is 250 Å². The fraction of sp³-hybridized carbons (Fsp3) is 0.345. The van der Waals surface area contributed by atoms with Crippen molar-refractivity contribution in [2.75, 3.05) is 6.54 Å². The summed E-state index contributed by atoms with van der Waals surface area (Å²) in [5.41, 5.74) is 19.4. The van der Waals surface area contributed by atoms with Gasteiger partial charge in [-0.05, 0) is 76.4 Å². The molecule has 0 aliphatic carbocycles. The molecule has 11 nitrogen and oxygen atoms in total. The van der Waals surface area contributed by atoms with Gasteiger partial charge in [-0.2, -0.15) is 16.8 Å². The highest BCUT2D eigenvalue weighted by molar-refractivity contribution is 7.86. The van der Waals surface area contributed by atoms with Crippen molar-refractivity contribution in [2.45, 2.75) is 68.3 Å². The van der Waals surface area contributed by atoms with Gasteiger partial charge < -0.3 is 22.3 Å². The third-order valence-corrected chi connectivity index (χ3v) is 7.05. The first-order valence-corrected chi connectivity index (χ1v) is 15.9. The molecule has 0 amide bonds. The van der Waals surface area contributed by atoms with E-state index in [-0.39, 0.29) is 15.8 Å². The van der Waals surface area contributed by atoms with Crippen LogP contribution >= 0.6 is 0 Å². The molecule has 0 aromatic heterocycles. The number of unbranched alkanes of at least 4 members (excludes halogenated alkanes) is 1. The standard InChI is InChI=1S/C9H13N.2C7H8O3S.C6H14N2O2/c1-8(10)7-9-5-3-2-4-6-9;2*1-6-2-4-7(5-3-6)11(8,9)10;7-4-2-1-3-5(8)6(9)10/h2-6,8H,7,10H2,1H3;2*2-5H,1H3,(H,8,9,10);5H,1-4,7-8H2,(H,9,10)/t;;;5-/m...0/s1/i/hD. The predicted octanol–water partition coefficient (Wildman–Crippen LogP) is 3.59. The topological polar surface area (TPSA) is 224 Å². The fourth-order valence-electron chi connectivity index (χ4n) is 3.03. The van der Waals surface area contributed by atoms with Gasteiger partial charge in [0.15, 0.2) is 0 Å². The highest BCUT2D eigenvalue weighted by Crippen LogP contribution is 2.09. The Morgan fingerprint density at radius 1 is 0.786 bits per heavy atom. The molecular formula is C29H43N3O8S2. The van der Waals surface area contributed by atoms with Gasteiger partial charge in [0.2, 0.25) is 0 Å². The number of carboxylic acids is 1. The molecule has 3 aromatic carbocycles. The quantitative estimate of drug-likeness (QED) is 0.149. The van der Waals surface area contributed by atoms with E-state index in [0.717, 1.165) is 30.4 Å². The lowest BCUT2D eigenvalue weighted by Crippen LogP contribution is -2.29. The van der Waals surface area contributed by atoms with Crippen LogP contribution in [0.5, 0.6) is 0 Å². The first-order chi connectivity index (χ1) is 20.0. The molecule has 0 bridgehead atoms. The second kappa shape index (κ2) is 19.9. The first-order valence-electron chi connectivity index (χ1n) is 13.4. The maximum atomic E-state index is 10.5. The van der Waals surface area contributed by atoms with Crippen molar-refractivity contribution in [3.63, 3.8) is 0 Å². The molecule has 234 valence electrons. The Balaban J connectivity index is 0.000000547. The molecule has 0 saturated heterocycles. The van der Waals surface area contributed by atoms with Crippen molar-refractivity contribution in [3.05, 3.63) is 95.6 Å².